The van der Waals surface area contributed by atoms with E-state index in [-0.39, 0.29) is 23.8 Å². The van der Waals surface area contributed by atoms with Crippen LogP contribution < -0.4 is 15.2 Å². The summed E-state index contributed by atoms with van der Waals surface area (Å²) < 4.78 is 12.8. The summed E-state index contributed by atoms with van der Waals surface area (Å²) in [6, 6.07) is 4.06. The lowest BCUT2D eigenvalue weighted by Gasteiger charge is -2.37. The van der Waals surface area contributed by atoms with Crippen LogP contribution in [-0.2, 0) is 16.6 Å². The predicted molar refractivity (Wildman–Crippen MR) is 121 cm³/mol. The molecule has 182 valence electrons. The molecule has 0 saturated heterocycles. The molecule has 1 aromatic heterocycles. The van der Waals surface area contributed by atoms with Crippen molar-refractivity contribution in [2.75, 3.05) is 13.7 Å². The second-order valence-corrected chi connectivity index (χ2v) is 7.99. The van der Waals surface area contributed by atoms with Crippen LogP contribution in [0.4, 0.5) is 0 Å². The van der Waals surface area contributed by atoms with Crippen LogP contribution in [-0.4, -0.2) is 68.4 Å². The number of nitrogens with zero attached hydrogens (tertiary/aromatic N) is 3. The molecule has 4 rings (SSSR count). The molecule has 2 heterocycles. The van der Waals surface area contributed by atoms with Gasteiger partial charge in [-0.1, -0.05) is 0 Å². The molecular weight excluding hydrogens is 446 g/mol. The van der Waals surface area contributed by atoms with Gasteiger partial charge >= 0.3 is 17.6 Å². The van der Waals surface area contributed by atoms with E-state index in [0.717, 1.165) is 35.2 Å². The maximum Gasteiger partial charge on any atom is 0.414 e. The van der Waals surface area contributed by atoms with E-state index in [2.05, 4.69) is 4.98 Å². The fourth-order valence-corrected chi connectivity index (χ4v) is 4.24. The predicted octanol–water partition coefficient (Wildman–Crippen LogP) is 1.19. The number of hydrogen-bond acceptors (Lipinski definition) is 8. The molecule has 11 heteroatoms. The number of aliphatic imine (C=N–C) groups is 1. The van der Waals surface area contributed by atoms with Crippen LogP contribution in [0.2, 0.25) is 0 Å². The van der Waals surface area contributed by atoms with Gasteiger partial charge in [0.05, 0.1) is 31.6 Å². The minimum atomic E-state index is -1.82. The van der Waals surface area contributed by atoms with E-state index < -0.39 is 11.9 Å². The molecule has 1 aromatic carbocycles. The largest absolute Gasteiger partial charge is 0.493 e. The van der Waals surface area contributed by atoms with Crippen LogP contribution in [0.5, 0.6) is 11.5 Å². The average molecular weight is 473 g/mol. The van der Waals surface area contributed by atoms with Crippen molar-refractivity contribution in [2.24, 2.45) is 12.0 Å². The molecule has 0 spiro atoms. The molecule has 3 N–H and O–H groups in total. The summed E-state index contributed by atoms with van der Waals surface area (Å²) in [7, 11) is 3.30. The summed E-state index contributed by atoms with van der Waals surface area (Å²) >= 11 is 0. The van der Waals surface area contributed by atoms with Crippen LogP contribution in [0, 0.1) is 0 Å². The van der Waals surface area contributed by atoms with Gasteiger partial charge in [0.2, 0.25) is 0 Å². The molecule has 3 atom stereocenters. The molecular formula is C23H27N3O8. The van der Waals surface area contributed by atoms with E-state index in [9.17, 15) is 9.90 Å². The number of carbonyl (C=O) groups is 2. The Morgan fingerprint density at radius 1 is 1.18 bits per heavy atom. The first kappa shape index (κ1) is 24.9. The second-order valence-electron chi connectivity index (χ2n) is 7.99. The first-order chi connectivity index (χ1) is 16.2. The van der Waals surface area contributed by atoms with E-state index in [1.807, 2.05) is 19.1 Å². The van der Waals surface area contributed by atoms with Gasteiger partial charge in [0.1, 0.15) is 0 Å². The molecule has 1 saturated carbocycles. The zero-order chi connectivity index (χ0) is 25.0. The number of aliphatic carboxylic acids is 2. The Hall–Kier alpha value is -3.73. The smallest absolute Gasteiger partial charge is 0.414 e. The molecule has 2 aliphatic rings. The zero-order valence-corrected chi connectivity index (χ0v) is 19.1. The van der Waals surface area contributed by atoms with Gasteiger partial charge in [0.25, 0.3) is 0 Å². The zero-order valence-electron chi connectivity index (χ0n) is 19.1. The highest BCUT2D eigenvalue weighted by atomic mass is 16.5. The number of carboxylic acids is 2. The highest BCUT2D eigenvalue weighted by Gasteiger charge is 2.37. The number of aliphatic hydroxyl groups is 1. The lowest BCUT2D eigenvalue weighted by atomic mass is 9.74. The number of fused-ring (bicyclic) bond motifs is 3. The standard InChI is InChI=1S/C21H25N3O4.C2H2O4/c1-4-28-19-8-14-15-7-13(25)5-6-17(15)23-20(16(14)9-18(19)27-3)12-10-22-21(26)24(2)11-12;3-1(4)2(5)6/h8-11,13,15,17,25H,4-7H2,1-3H3;(H,3,4)(H,5,6)/t13-,15-,17-;/m1./s1. The van der Waals surface area contributed by atoms with Gasteiger partial charge in [-0.25, -0.2) is 19.4 Å². The first-order valence-electron chi connectivity index (χ1n) is 10.8. The maximum absolute atomic E-state index is 11.7. The van der Waals surface area contributed by atoms with Gasteiger partial charge < -0.3 is 29.4 Å². The Balaban J connectivity index is 0.000000481. The minimum Gasteiger partial charge on any atom is -0.493 e. The minimum absolute atomic E-state index is 0.0889. The van der Waals surface area contributed by atoms with Crippen molar-refractivity contribution in [3.63, 3.8) is 0 Å². The van der Waals surface area contributed by atoms with Crippen molar-refractivity contribution in [3.05, 3.63) is 51.7 Å². The van der Waals surface area contributed by atoms with E-state index in [0.29, 0.717) is 24.5 Å². The molecule has 1 aliphatic carbocycles. The van der Waals surface area contributed by atoms with Crippen molar-refractivity contribution in [1.82, 2.24) is 9.55 Å². The molecule has 34 heavy (non-hydrogen) atoms. The maximum atomic E-state index is 11.7. The summed E-state index contributed by atoms with van der Waals surface area (Å²) in [5.74, 6) is -2.18. The quantitative estimate of drug-likeness (QED) is 0.554. The number of carboxylic acid groups (broad SMARTS) is 2. The second kappa shape index (κ2) is 10.5. The molecule has 2 aromatic rings. The fraction of sp³-hybridized carbons (Fsp3) is 0.435. The third-order valence-electron chi connectivity index (χ3n) is 5.78. The summed E-state index contributed by atoms with van der Waals surface area (Å²) in [5, 5.41) is 25.0. The Morgan fingerprint density at radius 2 is 1.88 bits per heavy atom. The van der Waals surface area contributed by atoms with Crippen molar-refractivity contribution in [2.45, 2.75) is 44.2 Å². The number of benzene rings is 1. The molecule has 0 radical (unpaired) electrons. The molecule has 1 fully saturated rings. The normalized spacial score (nSPS) is 20.6. The lowest BCUT2D eigenvalue weighted by molar-refractivity contribution is -0.159. The Morgan fingerprint density at radius 3 is 2.47 bits per heavy atom. The van der Waals surface area contributed by atoms with Gasteiger partial charge in [0.15, 0.2) is 11.5 Å². The third kappa shape index (κ3) is 5.25. The Kier molecular flexibility index (Phi) is 7.67. The van der Waals surface area contributed by atoms with Crippen LogP contribution in [0.15, 0.2) is 34.3 Å². The van der Waals surface area contributed by atoms with E-state index in [1.165, 1.54) is 4.57 Å². The number of hydrogen-bond donors (Lipinski definition) is 3. The van der Waals surface area contributed by atoms with Gasteiger partial charge in [0, 0.05) is 36.5 Å². The monoisotopic (exact) mass is 473 g/mol. The van der Waals surface area contributed by atoms with E-state index in [1.54, 1.807) is 26.6 Å². The summed E-state index contributed by atoms with van der Waals surface area (Å²) in [4.78, 5) is 38.9. The lowest BCUT2D eigenvalue weighted by Crippen LogP contribution is -2.34. The number of ether oxygens (including phenoxy) is 2. The van der Waals surface area contributed by atoms with E-state index in [4.69, 9.17) is 34.3 Å². The summed E-state index contributed by atoms with van der Waals surface area (Å²) in [6.07, 6.45) is 5.27. The van der Waals surface area contributed by atoms with Crippen molar-refractivity contribution >= 4 is 17.7 Å². The molecule has 0 bridgehead atoms. The van der Waals surface area contributed by atoms with Gasteiger partial charge in [-0.15, -0.1) is 0 Å². The van der Waals surface area contributed by atoms with Crippen molar-refractivity contribution in [1.29, 1.82) is 0 Å². The van der Waals surface area contributed by atoms with Crippen LogP contribution in [0.1, 0.15) is 48.8 Å². The number of rotatable bonds is 4. The number of aryl methyl sites for hydroxylation is 1. The van der Waals surface area contributed by atoms with Crippen molar-refractivity contribution < 1.29 is 34.4 Å². The van der Waals surface area contributed by atoms with Gasteiger partial charge in [-0.3, -0.25) is 4.99 Å². The van der Waals surface area contributed by atoms with Crippen LogP contribution in [0.25, 0.3) is 0 Å². The fourth-order valence-electron chi connectivity index (χ4n) is 4.24. The molecule has 11 nitrogen and oxygen atoms in total. The third-order valence-corrected chi connectivity index (χ3v) is 5.78. The van der Waals surface area contributed by atoms with Gasteiger partial charge in [-0.2, -0.15) is 0 Å². The highest BCUT2D eigenvalue weighted by Crippen LogP contribution is 2.44. The van der Waals surface area contributed by atoms with Gasteiger partial charge in [-0.05, 0) is 43.9 Å². The number of aliphatic hydroxyl groups excluding tert-OH is 1. The van der Waals surface area contributed by atoms with Crippen molar-refractivity contribution in [3.8, 4) is 11.5 Å². The Labute approximate surface area is 195 Å². The average Bonchev–Trinajstić information content (AvgIpc) is 2.80. The Bertz CT molecular complexity index is 1160. The van der Waals surface area contributed by atoms with E-state index >= 15 is 0 Å². The van der Waals surface area contributed by atoms with Crippen LogP contribution in [0.3, 0.4) is 0 Å². The summed E-state index contributed by atoms with van der Waals surface area (Å²) in [5.41, 5.74) is 3.34. The van der Waals surface area contributed by atoms with Crippen LogP contribution >= 0.6 is 0 Å². The summed E-state index contributed by atoms with van der Waals surface area (Å²) in [6.45, 7) is 2.48. The molecule has 0 amide bonds. The highest BCUT2D eigenvalue weighted by molar-refractivity contribution is 6.27. The topological polar surface area (TPSA) is 161 Å². The molecule has 0 unspecified atom stereocenters. The SMILES string of the molecule is CCOc1cc2c(cc1OC)C(c1cnc(=O)n(C)c1)=N[C@@H]1CC[C@@H](O)C[C@H]21.O=C(O)C(=O)O. The first-order valence-corrected chi connectivity index (χ1v) is 10.8. The number of aromatic nitrogens is 2. The number of methoxy groups -OCH3 is 1. The molecule has 1 aliphatic heterocycles.